The molecule has 1 heterocycles. The van der Waals surface area contributed by atoms with Crippen LogP contribution >= 0.6 is 11.8 Å². The Morgan fingerprint density at radius 2 is 1.95 bits per heavy atom. The van der Waals surface area contributed by atoms with Crippen molar-refractivity contribution in [2.45, 2.75) is 30.3 Å². The van der Waals surface area contributed by atoms with Crippen LogP contribution in [-0.2, 0) is 4.74 Å². The number of rotatable bonds is 3. The number of aromatic hydroxyl groups is 1. The number of fused-ring (bicyclic) bond motifs is 1. The Balaban J connectivity index is 1.79. The smallest absolute Gasteiger partial charge is 0.123 e. The van der Waals surface area contributed by atoms with Crippen molar-refractivity contribution in [1.29, 1.82) is 0 Å². The zero-order valence-electron chi connectivity index (χ0n) is 10.8. The van der Waals surface area contributed by atoms with Crippen molar-refractivity contribution in [2.75, 3.05) is 12.4 Å². The summed E-state index contributed by atoms with van der Waals surface area (Å²) >= 11 is 1.83. The Hall–Kier alpha value is -1.19. The molecule has 1 atom stereocenters. The Kier molecular flexibility index (Phi) is 3.95. The minimum atomic E-state index is 0.355. The maximum atomic E-state index is 9.88. The average molecular weight is 274 g/mol. The summed E-state index contributed by atoms with van der Waals surface area (Å²) in [6.07, 6.45) is 4.03. The first-order valence-corrected chi connectivity index (χ1v) is 7.78. The molecule has 1 N–H and O–H groups in total. The van der Waals surface area contributed by atoms with E-state index in [0.29, 0.717) is 11.9 Å². The Morgan fingerprint density at radius 1 is 1.11 bits per heavy atom. The summed E-state index contributed by atoms with van der Waals surface area (Å²) in [4.78, 5) is 1.22. The van der Waals surface area contributed by atoms with E-state index < -0.39 is 0 Å². The van der Waals surface area contributed by atoms with Gasteiger partial charge in [-0.1, -0.05) is 24.3 Å². The second-order valence-electron chi connectivity index (χ2n) is 4.93. The van der Waals surface area contributed by atoms with E-state index >= 15 is 0 Å². The third kappa shape index (κ3) is 2.88. The van der Waals surface area contributed by atoms with Crippen molar-refractivity contribution >= 4 is 22.5 Å². The normalized spacial score (nSPS) is 19.7. The molecule has 2 aromatic rings. The monoisotopic (exact) mass is 274 g/mol. The fraction of sp³-hybridized carbons (Fsp3) is 0.375. The number of hydrogen-bond acceptors (Lipinski definition) is 3. The van der Waals surface area contributed by atoms with Gasteiger partial charge >= 0.3 is 0 Å². The van der Waals surface area contributed by atoms with Gasteiger partial charge in [0, 0.05) is 22.6 Å². The minimum absolute atomic E-state index is 0.355. The third-order valence-corrected chi connectivity index (χ3v) is 4.77. The summed E-state index contributed by atoms with van der Waals surface area (Å²) in [6, 6.07) is 11.8. The van der Waals surface area contributed by atoms with Crippen molar-refractivity contribution in [2.24, 2.45) is 0 Å². The average Bonchev–Trinajstić information content (AvgIpc) is 2.48. The van der Waals surface area contributed by atoms with E-state index in [-0.39, 0.29) is 0 Å². The lowest BCUT2D eigenvalue weighted by Crippen LogP contribution is -2.21. The molecule has 1 unspecified atom stereocenters. The molecule has 19 heavy (non-hydrogen) atoms. The highest BCUT2D eigenvalue weighted by Gasteiger charge is 2.15. The molecule has 0 aromatic heterocycles. The first kappa shape index (κ1) is 12.8. The van der Waals surface area contributed by atoms with Crippen LogP contribution in [0.3, 0.4) is 0 Å². The fourth-order valence-electron chi connectivity index (χ4n) is 2.50. The van der Waals surface area contributed by atoms with E-state index in [1.807, 2.05) is 36.0 Å². The van der Waals surface area contributed by atoms with Gasteiger partial charge in [-0.2, -0.15) is 0 Å². The largest absolute Gasteiger partial charge is 0.507 e. The van der Waals surface area contributed by atoms with Crippen LogP contribution < -0.4 is 0 Å². The molecule has 0 bridgehead atoms. The highest BCUT2D eigenvalue weighted by molar-refractivity contribution is 7.99. The fourth-order valence-corrected chi connectivity index (χ4v) is 3.63. The van der Waals surface area contributed by atoms with Gasteiger partial charge in [0.2, 0.25) is 0 Å². The molecule has 3 heteroatoms. The molecule has 3 rings (SSSR count). The van der Waals surface area contributed by atoms with Crippen LogP contribution in [0.15, 0.2) is 41.3 Å². The van der Waals surface area contributed by atoms with Gasteiger partial charge in [0.15, 0.2) is 0 Å². The second-order valence-corrected chi connectivity index (χ2v) is 5.99. The van der Waals surface area contributed by atoms with Crippen LogP contribution in [0.25, 0.3) is 10.8 Å². The standard InChI is InChI=1S/C16H18O2S/c17-15-8-9-16(14-7-2-1-6-13(14)15)19-11-12-5-3-4-10-18-12/h1-2,6-9,12,17H,3-5,10-11H2. The topological polar surface area (TPSA) is 29.5 Å². The van der Waals surface area contributed by atoms with Crippen LogP contribution in [0.5, 0.6) is 5.75 Å². The van der Waals surface area contributed by atoms with Crippen molar-refractivity contribution in [1.82, 2.24) is 0 Å². The quantitative estimate of drug-likeness (QED) is 0.850. The number of hydrogen-bond donors (Lipinski definition) is 1. The maximum Gasteiger partial charge on any atom is 0.123 e. The van der Waals surface area contributed by atoms with Crippen LogP contribution in [0, 0.1) is 0 Å². The Bertz CT molecular complexity index is 562. The molecule has 1 saturated heterocycles. The van der Waals surface area contributed by atoms with Crippen LogP contribution in [-0.4, -0.2) is 23.6 Å². The third-order valence-electron chi connectivity index (χ3n) is 3.56. The van der Waals surface area contributed by atoms with Crippen molar-refractivity contribution < 1.29 is 9.84 Å². The number of thioether (sulfide) groups is 1. The van der Waals surface area contributed by atoms with Crippen molar-refractivity contribution in [3.8, 4) is 5.75 Å². The molecule has 100 valence electrons. The first-order chi connectivity index (χ1) is 9.34. The van der Waals surface area contributed by atoms with E-state index in [1.165, 1.54) is 24.2 Å². The Labute approximate surface area is 117 Å². The lowest BCUT2D eigenvalue weighted by Gasteiger charge is -2.22. The van der Waals surface area contributed by atoms with Gasteiger partial charge in [-0.05, 0) is 36.8 Å². The van der Waals surface area contributed by atoms with Gasteiger partial charge in [-0.15, -0.1) is 11.8 Å². The maximum absolute atomic E-state index is 9.88. The predicted molar refractivity (Wildman–Crippen MR) is 79.9 cm³/mol. The number of benzene rings is 2. The molecule has 0 spiro atoms. The predicted octanol–water partition coefficient (Wildman–Crippen LogP) is 4.21. The summed E-state index contributed by atoms with van der Waals surface area (Å²) in [7, 11) is 0. The molecule has 1 aliphatic heterocycles. The molecule has 1 fully saturated rings. The molecule has 0 amide bonds. The molecule has 0 saturated carbocycles. The molecule has 0 aliphatic carbocycles. The van der Waals surface area contributed by atoms with Gasteiger partial charge in [-0.25, -0.2) is 0 Å². The zero-order valence-corrected chi connectivity index (χ0v) is 11.7. The summed E-state index contributed by atoms with van der Waals surface area (Å²) in [5.74, 6) is 1.35. The van der Waals surface area contributed by atoms with E-state index in [0.717, 1.165) is 23.1 Å². The van der Waals surface area contributed by atoms with E-state index in [4.69, 9.17) is 4.74 Å². The second kappa shape index (κ2) is 5.85. The number of ether oxygens (including phenoxy) is 1. The number of phenols is 1. The van der Waals surface area contributed by atoms with Crippen molar-refractivity contribution in [3.05, 3.63) is 36.4 Å². The lowest BCUT2D eigenvalue weighted by molar-refractivity contribution is 0.0315. The minimum Gasteiger partial charge on any atom is -0.507 e. The van der Waals surface area contributed by atoms with Crippen LogP contribution in [0.2, 0.25) is 0 Å². The van der Waals surface area contributed by atoms with Gasteiger partial charge < -0.3 is 9.84 Å². The molecular weight excluding hydrogens is 256 g/mol. The van der Waals surface area contributed by atoms with Gasteiger partial charge in [0.05, 0.1) is 6.10 Å². The van der Waals surface area contributed by atoms with Crippen LogP contribution in [0.1, 0.15) is 19.3 Å². The summed E-state index contributed by atoms with van der Waals surface area (Å²) in [5, 5.41) is 11.9. The van der Waals surface area contributed by atoms with Crippen molar-refractivity contribution in [3.63, 3.8) is 0 Å². The molecule has 1 aliphatic rings. The highest BCUT2D eigenvalue weighted by atomic mass is 32.2. The summed E-state index contributed by atoms with van der Waals surface area (Å²) in [5.41, 5.74) is 0. The SMILES string of the molecule is Oc1ccc(SCC2CCCCO2)c2ccccc12. The van der Waals surface area contributed by atoms with Gasteiger partial charge in [0.25, 0.3) is 0 Å². The van der Waals surface area contributed by atoms with Crippen LogP contribution in [0.4, 0.5) is 0 Å². The molecule has 2 aromatic carbocycles. The first-order valence-electron chi connectivity index (χ1n) is 6.80. The van der Waals surface area contributed by atoms with E-state index in [1.54, 1.807) is 6.07 Å². The van der Waals surface area contributed by atoms with E-state index in [9.17, 15) is 5.11 Å². The van der Waals surface area contributed by atoms with E-state index in [2.05, 4.69) is 6.07 Å². The number of phenolic OH excluding ortho intramolecular Hbond substituents is 1. The molecular formula is C16H18O2S. The molecule has 0 radical (unpaired) electrons. The van der Waals surface area contributed by atoms with Gasteiger partial charge in [-0.3, -0.25) is 0 Å². The lowest BCUT2D eigenvalue weighted by atomic mass is 10.1. The summed E-state index contributed by atoms with van der Waals surface area (Å²) < 4.78 is 5.77. The summed E-state index contributed by atoms with van der Waals surface area (Å²) in [6.45, 7) is 0.904. The Morgan fingerprint density at radius 3 is 2.74 bits per heavy atom. The van der Waals surface area contributed by atoms with Gasteiger partial charge in [0.1, 0.15) is 5.75 Å². The molecule has 2 nitrogen and oxygen atoms in total. The zero-order chi connectivity index (χ0) is 13.1. The highest BCUT2D eigenvalue weighted by Crippen LogP contribution is 2.34.